The number of amides is 1. The first-order chi connectivity index (χ1) is 9.12. The number of hydrogen-bond donors (Lipinski definition) is 2. The first-order valence-electron chi connectivity index (χ1n) is 5.92. The predicted octanol–water partition coefficient (Wildman–Crippen LogP) is 2.15. The van der Waals surface area contributed by atoms with Crippen molar-refractivity contribution in [2.24, 2.45) is 5.92 Å². The highest BCUT2D eigenvalue weighted by atomic mass is 19.4. The molecule has 0 spiro atoms. The molecule has 0 radical (unpaired) electrons. The van der Waals surface area contributed by atoms with Gasteiger partial charge in [0.15, 0.2) is 0 Å². The standard InChI is InChI=1S/C11H14F6N2O/c12-10(13,14)8(11(15,16)17)9(20)19-6-3-7-1-4-18-5-2-7/h1,8,18H,2-6H2,(H,19,20). The molecule has 0 fully saturated rings. The third-order valence-electron chi connectivity index (χ3n) is 2.82. The lowest BCUT2D eigenvalue weighted by molar-refractivity contribution is -0.274. The van der Waals surface area contributed by atoms with Crippen LogP contribution < -0.4 is 10.6 Å². The van der Waals surface area contributed by atoms with Crippen molar-refractivity contribution >= 4 is 5.91 Å². The molecule has 1 heterocycles. The maximum Gasteiger partial charge on any atom is 0.409 e. The highest BCUT2D eigenvalue weighted by Crippen LogP contribution is 2.39. The molecule has 0 unspecified atom stereocenters. The third kappa shape index (κ3) is 5.03. The fourth-order valence-electron chi connectivity index (χ4n) is 1.83. The predicted molar refractivity (Wildman–Crippen MR) is 58.8 cm³/mol. The van der Waals surface area contributed by atoms with Gasteiger partial charge in [-0.25, -0.2) is 0 Å². The maximum absolute atomic E-state index is 12.2. The van der Waals surface area contributed by atoms with Crippen LogP contribution in [0.15, 0.2) is 11.6 Å². The first-order valence-corrected chi connectivity index (χ1v) is 5.92. The van der Waals surface area contributed by atoms with E-state index in [-0.39, 0.29) is 13.0 Å². The van der Waals surface area contributed by atoms with E-state index in [1.165, 1.54) is 0 Å². The van der Waals surface area contributed by atoms with E-state index in [0.29, 0.717) is 19.5 Å². The number of hydrogen-bond acceptors (Lipinski definition) is 2. The Morgan fingerprint density at radius 2 is 1.85 bits per heavy atom. The highest BCUT2D eigenvalue weighted by Gasteiger charge is 2.60. The summed E-state index contributed by atoms with van der Waals surface area (Å²) in [6.45, 7) is 1.07. The van der Waals surface area contributed by atoms with E-state index in [2.05, 4.69) is 5.32 Å². The molecule has 2 N–H and O–H groups in total. The zero-order chi connectivity index (χ0) is 15.4. The number of rotatable bonds is 4. The van der Waals surface area contributed by atoms with Gasteiger partial charge in [0, 0.05) is 13.1 Å². The number of nitrogens with one attached hydrogen (secondary N) is 2. The molecular formula is C11H14F6N2O. The minimum Gasteiger partial charge on any atom is -0.355 e. The number of carbonyl (C=O) groups is 1. The van der Waals surface area contributed by atoms with Gasteiger partial charge in [0.25, 0.3) is 0 Å². The van der Waals surface area contributed by atoms with Crippen molar-refractivity contribution < 1.29 is 31.1 Å². The summed E-state index contributed by atoms with van der Waals surface area (Å²) in [6, 6.07) is 0. The van der Waals surface area contributed by atoms with Crippen molar-refractivity contribution in [2.75, 3.05) is 19.6 Å². The first kappa shape index (κ1) is 16.8. The van der Waals surface area contributed by atoms with E-state index in [9.17, 15) is 31.1 Å². The van der Waals surface area contributed by atoms with E-state index < -0.39 is 24.2 Å². The molecule has 3 nitrogen and oxygen atoms in total. The van der Waals surface area contributed by atoms with Gasteiger partial charge in [0.1, 0.15) is 0 Å². The summed E-state index contributed by atoms with van der Waals surface area (Å²) in [7, 11) is 0. The summed E-state index contributed by atoms with van der Waals surface area (Å²) in [4.78, 5) is 11.1. The van der Waals surface area contributed by atoms with Gasteiger partial charge in [-0.3, -0.25) is 4.79 Å². The van der Waals surface area contributed by atoms with Crippen molar-refractivity contribution in [1.82, 2.24) is 10.6 Å². The van der Waals surface area contributed by atoms with E-state index in [4.69, 9.17) is 0 Å². The molecule has 0 atom stereocenters. The second-order valence-electron chi connectivity index (χ2n) is 4.37. The molecule has 1 amide bonds. The molecule has 116 valence electrons. The molecular weight excluding hydrogens is 290 g/mol. The summed E-state index contributed by atoms with van der Waals surface area (Å²) < 4.78 is 73.5. The number of carbonyl (C=O) groups excluding carboxylic acids is 1. The molecule has 1 rings (SSSR count). The zero-order valence-corrected chi connectivity index (χ0v) is 10.4. The quantitative estimate of drug-likeness (QED) is 0.617. The third-order valence-corrected chi connectivity index (χ3v) is 2.82. The topological polar surface area (TPSA) is 41.1 Å². The van der Waals surface area contributed by atoms with Crippen LogP contribution >= 0.6 is 0 Å². The number of alkyl halides is 6. The molecule has 9 heteroatoms. The van der Waals surface area contributed by atoms with Gasteiger partial charge >= 0.3 is 12.4 Å². The van der Waals surface area contributed by atoms with Gasteiger partial charge in [-0.1, -0.05) is 11.6 Å². The Morgan fingerprint density at radius 3 is 2.30 bits per heavy atom. The fourth-order valence-corrected chi connectivity index (χ4v) is 1.83. The molecule has 0 aromatic carbocycles. The fraction of sp³-hybridized carbons (Fsp3) is 0.727. The molecule has 0 aromatic heterocycles. The van der Waals surface area contributed by atoms with Gasteiger partial charge in [-0.2, -0.15) is 26.3 Å². The monoisotopic (exact) mass is 304 g/mol. The molecule has 0 aromatic rings. The summed E-state index contributed by atoms with van der Waals surface area (Å²) in [6.07, 6.45) is -8.57. The van der Waals surface area contributed by atoms with Crippen LogP contribution in [-0.2, 0) is 4.79 Å². The summed E-state index contributed by atoms with van der Waals surface area (Å²) in [5.74, 6) is -6.03. The lowest BCUT2D eigenvalue weighted by Crippen LogP contribution is -2.48. The van der Waals surface area contributed by atoms with Crippen LogP contribution in [0.2, 0.25) is 0 Å². The Balaban J connectivity index is 2.53. The van der Waals surface area contributed by atoms with Gasteiger partial charge in [0.05, 0.1) is 0 Å². The summed E-state index contributed by atoms with van der Waals surface area (Å²) in [5.41, 5.74) is 0.902. The van der Waals surface area contributed by atoms with Crippen molar-refractivity contribution in [3.8, 4) is 0 Å². The van der Waals surface area contributed by atoms with Gasteiger partial charge in [-0.15, -0.1) is 0 Å². The van der Waals surface area contributed by atoms with Crippen LogP contribution in [0.4, 0.5) is 26.3 Å². The van der Waals surface area contributed by atoms with E-state index in [0.717, 1.165) is 5.57 Å². The van der Waals surface area contributed by atoms with Crippen molar-refractivity contribution in [2.45, 2.75) is 25.2 Å². The normalized spacial score (nSPS) is 17.1. The minimum absolute atomic E-state index is 0.243. The van der Waals surface area contributed by atoms with E-state index in [1.54, 1.807) is 11.4 Å². The van der Waals surface area contributed by atoms with Crippen LogP contribution in [0.5, 0.6) is 0 Å². The van der Waals surface area contributed by atoms with Crippen LogP contribution in [0.1, 0.15) is 12.8 Å². The summed E-state index contributed by atoms with van der Waals surface area (Å²) >= 11 is 0. The molecule has 0 aliphatic carbocycles. The van der Waals surface area contributed by atoms with Crippen LogP contribution in [0.3, 0.4) is 0 Å². The largest absolute Gasteiger partial charge is 0.409 e. The van der Waals surface area contributed by atoms with Crippen molar-refractivity contribution in [3.63, 3.8) is 0 Å². The molecule has 1 aliphatic heterocycles. The lowest BCUT2D eigenvalue weighted by atomic mass is 10.1. The Hall–Kier alpha value is -1.25. The average Bonchev–Trinajstić information content (AvgIpc) is 2.26. The van der Waals surface area contributed by atoms with E-state index >= 15 is 0 Å². The second-order valence-corrected chi connectivity index (χ2v) is 4.37. The second kappa shape index (κ2) is 6.47. The molecule has 20 heavy (non-hydrogen) atoms. The Morgan fingerprint density at radius 1 is 1.25 bits per heavy atom. The molecule has 0 saturated heterocycles. The maximum atomic E-state index is 12.2. The smallest absolute Gasteiger partial charge is 0.355 e. The zero-order valence-electron chi connectivity index (χ0n) is 10.4. The lowest BCUT2D eigenvalue weighted by Gasteiger charge is -2.22. The molecule has 0 saturated carbocycles. The Kier molecular flexibility index (Phi) is 5.43. The van der Waals surface area contributed by atoms with E-state index in [1.807, 2.05) is 0 Å². The van der Waals surface area contributed by atoms with Crippen molar-refractivity contribution in [1.29, 1.82) is 0 Å². The van der Waals surface area contributed by atoms with Gasteiger partial charge < -0.3 is 10.6 Å². The summed E-state index contributed by atoms with van der Waals surface area (Å²) in [5, 5.41) is 4.71. The van der Waals surface area contributed by atoms with Crippen molar-refractivity contribution in [3.05, 3.63) is 11.6 Å². The number of halogens is 6. The van der Waals surface area contributed by atoms with Crippen LogP contribution in [0.25, 0.3) is 0 Å². The van der Waals surface area contributed by atoms with Gasteiger partial charge in [0.2, 0.25) is 11.8 Å². The average molecular weight is 304 g/mol. The SMILES string of the molecule is O=C(NCCC1=CCNCC1)C(C(F)(F)F)C(F)(F)F. The van der Waals surface area contributed by atoms with Gasteiger partial charge in [-0.05, 0) is 19.4 Å². The van der Waals surface area contributed by atoms with Crippen LogP contribution in [-0.4, -0.2) is 37.9 Å². The van der Waals surface area contributed by atoms with Crippen LogP contribution in [0, 0.1) is 5.92 Å². The molecule has 0 bridgehead atoms. The molecule has 1 aliphatic rings. The Labute approximate surface area is 111 Å². The highest BCUT2D eigenvalue weighted by molar-refractivity contribution is 5.80. The Bertz CT molecular complexity index is 360. The minimum atomic E-state index is -5.64.